The van der Waals surface area contributed by atoms with Crippen LogP contribution in [0.1, 0.15) is 17.3 Å². The van der Waals surface area contributed by atoms with Crippen molar-refractivity contribution in [2.24, 2.45) is 0 Å². The van der Waals surface area contributed by atoms with Crippen molar-refractivity contribution in [3.05, 3.63) is 78.4 Å². The third-order valence-electron chi connectivity index (χ3n) is 3.67. The Hall–Kier alpha value is -2.87. The first-order valence-corrected chi connectivity index (χ1v) is 7.14. The summed E-state index contributed by atoms with van der Waals surface area (Å²) in [5, 5.41) is 9.39. The second-order valence-corrected chi connectivity index (χ2v) is 5.26. The Morgan fingerprint density at radius 1 is 0.727 bits per heavy atom. The lowest BCUT2D eigenvalue weighted by Gasteiger charge is -2.07. The predicted molar refractivity (Wildman–Crippen MR) is 89.0 cm³/mol. The summed E-state index contributed by atoms with van der Waals surface area (Å²) in [6.45, 7) is 1.58. The van der Waals surface area contributed by atoms with Crippen molar-refractivity contribution in [1.82, 2.24) is 0 Å². The van der Waals surface area contributed by atoms with Gasteiger partial charge in [0.15, 0.2) is 5.78 Å². The van der Waals surface area contributed by atoms with Crippen molar-refractivity contribution in [1.29, 1.82) is 0 Å². The maximum atomic E-state index is 11.5. The van der Waals surface area contributed by atoms with E-state index in [-0.39, 0.29) is 11.5 Å². The van der Waals surface area contributed by atoms with Gasteiger partial charge in [0.25, 0.3) is 0 Å². The van der Waals surface area contributed by atoms with Gasteiger partial charge in [0.1, 0.15) is 5.75 Å². The molecule has 22 heavy (non-hydrogen) atoms. The fraction of sp³-hybridized carbons (Fsp3) is 0.0500. The molecule has 0 bridgehead atoms. The second kappa shape index (κ2) is 5.86. The molecule has 108 valence electrons. The third-order valence-corrected chi connectivity index (χ3v) is 3.67. The number of ketones is 1. The van der Waals surface area contributed by atoms with Crippen LogP contribution < -0.4 is 0 Å². The van der Waals surface area contributed by atoms with Crippen LogP contribution in [0.2, 0.25) is 0 Å². The minimum Gasteiger partial charge on any atom is -0.508 e. The molecular weight excluding hydrogens is 272 g/mol. The van der Waals surface area contributed by atoms with E-state index >= 15 is 0 Å². The first-order chi connectivity index (χ1) is 10.6. The molecule has 3 aromatic rings. The van der Waals surface area contributed by atoms with E-state index in [0.717, 1.165) is 22.3 Å². The minimum atomic E-state index is 0.0662. The van der Waals surface area contributed by atoms with E-state index in [0.29, 0.717) is 5.56 Å². The van der Waals surface area contributed by atoms with E-state index in [1.807, 2.05) is 54.6 Å². The Morgan fingerprint density at radius 3 is 1.91 bits per heavy atom. The molecule has 0 spiro atoms. The highest BCUT2D eigenvalue weighted by Gasteiger charge is 2.04. The molecule has 2 nitrogen and oxygen atoms in total. The lowest BCUT2D eigenvalue weighted by molar-refractivity contribution is 0.101. The van der Waals surface area contributed by atoms with Crippen molar-refractivity contribution in [2.45, 2.75) is 6.92 Å². The van der Waals surface area contributed by atoms with Crippen LogP contribution >= 0.6 is 0 Å². The summed E-state index contributed by atoms with van der Waals surface area (Å²) >= 11 is 0. The molecule has 3 rings (SSSR count). The van der Waals surface area contributed by atoms with Crippen LogP contribution in [0.15, 0.2) is 72.8 Å². The Bertz CT molecular complexity index is 817. The molecule has 0 saturated heterocycles. The average Bonchev–Trinajstić information content (AvgIpc) is 2.56. The van der Waals surface area contributed by atoms with Gasteiger partial charge in [-0.3, -0.25) is 4.79 Å². The molecule has 0 saturated carbocycles. The number of Topliss-reactive ketones (excluding diaryl/α,β-unsaturated/α-hetero) is 1. The Balaban J connectivity index is 2.02. The van der Waals surface area contributed by atoms with Gasteiger partial charge in [-0.15, -0.1) is 0 Å². The number of hydrogen-bond donors (Lipinski definition) is 1. The van der Waals surface area contributed by atoms with Crippen LogP contribution in [0, 0.1) is 0 Å². The smallest absolute Gasteiger partial charge is 0.159 e. The number of rotatable bonds is 3. The number of hydrogen-bond acceptors (Lipinski definition) is 2. The van der Waals surface area contributed by atoms with Crippen LogP contribution in [-0.2, 0) is 0 Å². The largest absolute Gasteiger partial charge is 0.508 e. The first-order valence-electron chi connectivity index (χ1n) is 7.14. The lowest BCUT2D eigenvalue weighted by Crippen LogP contribution is -1.91. The average molecular weight is 288 g/mol. The van der Waals surface area contributed by atoms with Crippen molar-refractivity contribution in [3.63, 3.8) is 0 Å². The van der Waals surface area contributed by atoms with E-state index in [2.05, 4.69) is 6.07 Å². The quantitative estimate of drug-likeness (QED) is 0.694. The maximum Gasteiger partial charge on any atom is 0.159 e. The van der Waals surface area contributed by atoms with Crippen LogP contribution in [-0.4, -0.2) is 10.9 Å². The molecule has 0 aromatic heterocycles. The highest BCUT2D eigenvalue weighted by molar-refractivity contribution is 5.95. The van der Waals surface area contributed by atoms with Crippen LogP contribution in [0.5, 0.6) is 5.75 Å². The van der Waals surface area contributed by atoms with Gasteiger partial charge < -0.3 is 5.11 Å². The number of phenolic OH excluding ortho intramolecular Hbond substituents is 1. The fourth-order valence-corrected chi connectivity index (χ4v) is 2.45. The second-order valence-electron chi connectivity index (χ2n) is 5.26. The Labute approximate surface area is 129 Å². The lowest BCUT2D eigenvalue weighted by atomic mass is 9.97. The fourth-order valence-electron chi connectivity index (χ4n) is 2.45. The molecule has 0 aliphatic carbocycles. The van der Waals surface area contributed by atoms with Crippen molar-refractivity contribution in [3.8, 4) is 28.0 Å². The third kappa shape index (κ3) is 2.91. The number of carbonyl (C=O) groups is 1. The molecule has 1 N–H and O–H groups in total. The van der Waals surface area contributed by atoms with E-state index in [4.69, 9.17) is 0 Å². The summed E-state index contributed by atoms with van der Waals surface area (Å²) in [5.41, 5.74) is 4.92. The number of aromatic hydroxyl groups is 1. The molecule has 0 aliphatic heterocycles. The van der Waals surface area contributed by atoms with Crippen molar-refractivity contribution < 1.29 is 9.90 Å². The van der Waals surface area contributed by atoms with Gasteiger partial charge in [-0.25, -0.2) is 0 Å². The molecule has 0 fully saturated rings. The standard InChI is InChI=1S/C20H16O2/c1-14(21)16-4-2-6-18(12-16)19-7-3-5-17(13-19)15-8-10-20(22)11-9-15/h2-13,22H,1H3. The van der Waals surface area contributed by atoms with Crippen LogP contribution in [0.4, 0.5) is 0 Å². The summed E-state index contributed by atoms with van der Waals surface area (Å²) in [4.78, 5) is 11.5. The molecule has 2 heteroatoms. The van der Waals surface area contributed by atoms with Crippen molar-refractivity contribution >= 4 is 5.78 Å². The van der Waals surface area contributed by atoms with E-state index in [9.17, 15) is 9.90 Å². The maximum absolute atomic E-state index is 11.5. The summed E-state index contributed by atoms with van der Waals surface area (Å²) in [6.07, 6.45) is 0. The highest BCUT2D eigenvalue weighted by Crippen LogP contribution is 2.27. The summed E-state index contributed by atoms with van der Waals surface area (Å²) in [7, 11) is 0. The monoisotopic (exact) mass is 288 g/mol. The van der Waals surface area contributed by atoms with Crippen molar-refractivity contribution in [2.75, 3.05) is 0 Å². The zero-order valence-corrected chi connectivity index (χ0v) is 12.3. The molecule has 0 heterocycles. The molecule has 0 aliphatic rings. The van der Waals surface area contributed by atoms with Gasteiger partial charge in [0, 0.05) is 5.56 Å². The zero-order chi connectivity index (χ0) is 15.5. The minimum absolute atomic E-state index is 0.0662. The van der Waals surface area contributed by atoms with Crippen LogP contribution in [0.25, 0.3) is 22.3 Å². The van der Waals surface area contributed by atoms with Gasteiger partial charge in [-0.1, -0.05) is 48.5 Å². The van der Waals surface area contributed by atoms with Gasteiger partial charge in [0.2, 0.25) is 0 Å². The molecule has 0 radical (unpaired) electrons. The number of benzene rings is 3. The Morgan fingerprint density at radius 2 is 1.27 bits per heavy atom. The Kier molecular flexibility index (Phi) is 3.75. The highest BCUT2D eigenvalue weighted by atomic mass is 16.3. The molecule has 0 atom stereocenters. The van der Waals surface area contributed by atoms with Gasteiger partial charge in [-0.2, -0.15) is 0 Å². The topological polar surface area (TPSA) is 37.3 Å². The summed E-state index contributed by atoms with van der Waals surface area (Å²) in [6, 6.07) is 22.9. The van der Waals surface area contributed by atoms with E-state index in [1.54, 1.807) is 19.1 Å². The van der Waals surface area contributed by atoms with Gasteiger partial charge >= 0.3 is 0 Å². The zero-order valence-electron chi connectivity index (χ0n) is 12.3. The predicted octanol–water partition coefficient (Wildman–Crippen LogP) is 4.93. The molecule has 0 unspecified atom stereocenters. The normalized spacial score (nSPS) is 10.4. The van der Waals surface area contributed by atoms with Gasteiger partial charge in [0.05, 0.1) is 0 Å². The summed E-state index contributed by atoms with van der Waals surface area (Å²) in [5.74, 6) is 0.325. The number of phenols is 1. The van der Waals surface area contributed by atoms with Gasteiger partial charge in [-0.05, 0) is 53.4 Å². The summed E-state index contributed by atoms with van der Waals surface area (Å²) < 4.78 is 0. The van der Waals surface area contributed by atoms with E-state index in [1.165, 1.54) is 0 Å². The number of carbonyl (C=O) groups excluding carboxylic acids is 1. The molecule has 3 aromatic carbocycles. The van der Waals surface area contributed by atoms with E-state index < -0.39 is 0 Å². The SMILES string of the molecule is CC(=O)c1cccc(-c2cccc(-c3ccc(O)cc3)c2)c1. The first kappa shape index (κ1) is 14.1. The molecular formula is C20H16O2. The van der Waals surface area contributed by atoms with Crippen LogP contribution in [0.3, 0.4) is 0 Å². The molecule has 0 amide bonds.